The molecule has 2 aromatic rings. The van der Waals surface area contributed by atoms with Gasteiger partial charge in [0, 0.05) is 24.7 Å². The van der Waals surface area contributed by atoms with Crippen LogP contribution in [-0.4, -0.2) is 60.1 Å². The number of piperazine rings is 1. The van der Waals surface area contributed by atoms with Gasteiger partial charge in [0.1, 0.15) is 6.04 Å². The first kappa shape index (κ1) is 24.3. The lowest BCUT2D eigenvalue weighted by molar-refractivity contribution is -0.142. The largest absolute Gasteiger partial charge is 0.328 e. The van der Waals surface area contributed by atoms with Crippen LogP contribution in [0.2, 0.25) is 0 Å². The number of sulfonamides is 1. The van der Waals surface area contributed by atoms with Gasteiger partial charge >= 0.3 is 0 Å². The molecule has 4 rings (SSSR count). The zero-order valence-electron chi connectivity index (χ0n) is 18.7. The Hall–Kier alpha value is -2.81. The van der Waals surface area contributed by atoms with Crippen molar-refractivity contribution in [3.8, 4) is 6.07 Å². The molecule has 9 nitrogen and oxygen atoms in total. The highest BCUT2D eigenvalue weighted by Gasteiger charge is 2.39. The maximum Gasteiger partial charge on any atom is 0.248 e. The average molecular weight is 502 g/mol. The van der Waals surface area contributed by atoms with E-state index in [1.807, 2.05) is 6.07 Å². The van der Waals surface area contributed by atoms with Crippen molar-refractivity contribution < 1.29 is 18.0 Å². The number of carbonyl (C=O) groups excluding carboxylic acids is 2. The molecule has 0 radical (unpaired) electrons. The standard InChI is InChI=1S/C23H27N5O4S2/c24-15-18-7-4-8-19(13-18)34(31,32)27-10-11-28(21(29)16-27)20(14-17-5-2-1-3-6-17)22(30)26-23-25-9-12-33-23/h4,7-9,12-13,17,20H,1-3,5-6,10-11,14,16H2,(H,25,26,30)/t20-/m0/s1. The van der Waals surface area contributed by atoms with Gasteiger partial charge in [-0.1, -0.05) is 38.2 Å². The van der Waals surface area contributed by atoms with Crippen molar-refractivity contribution in [1.82, 2.24) is 14.2 Å². The van der Waals surface area contributed by atoms with E-state index in [9.17, 15) is 18.0 Å². The van der Waals surface area contributed by atoms with Gasteiger partial charge in [-0.3, -0.25) is 9.59 Å². The molecule has 2 fully saturated rings. The number of anilines is 1. The maximum atomic E-state index is 13.2. The van der Waals surface area contributed by atoms with Crippen LogP contribution in [0.15, 0.2) is 40.7 Å². The molecule has 2 heterocycles. The summed E-state index contributed by atoms with van der Waals surface area (Å²) in [4.78, 5) is 32.0. The fraction of sp³-hybridized carbons (Fsp3) is 0.478. The van der Waals surface area contributed by atoms with Crippen LogP contribution >= 0.6 is 11.3 Å². The van der Waals surface area contributed by atoms with Crippen molar-refractivity contribution in [2.45, 2.75) is 49.5 Å². The minimum absolute atomic E-state index is 0.0203. The molecule has 0 unspecified atom stereocenters. The normalized spacial score (nSPS) is 18.9. The van der Waals surface area contributed by atoms with E-state index in [0.717, 1.165) is 30.0 Å². The van der Waals surface area contributed by atoms with Crippen LogP contribution in [0.3, 0.4) is 0 Å². The Labute approximate surface area is 203 Å². The fourth-order valence-electron chi connectivity index (χ4n) is 4.66. The Balaban J connectivity index is 1.51. The zero-order valence-corrected chi connectivity index (χ0v) is 20.4. The number of nitriles is 1. The Kier molecular flexibility index (Phi) is 7.60. The highest BCUT2D eigenvalue weighted by Crippen LogP contribution is 2.30. The number of nitrogens with one attached hydrogen (secondary N) is 1. The molecule has 1 aliphatic heterocycles. The quantitative estimate of drug-likeness (QED) is 0.622. The van der Waals surface area contributed by atoms with Gasteiger partial charge in [0.05, 0.1) is 23.1 Å². The third kappa shape index (κ3) is 5.46. The van der Waals surface area contributed by atoms with Crippen LogP contribution in [0.25, 0.3) is 0 Å². The van der Waals surface area contributed by atoms with E-state index < -0.39 is 22.0 Å². The summed E-state index contributed by atoms with van der Waals surface area (Å²) in [5, 5.41) is 14.2. The topological polar surface area (TPSA) is 123 Å². The van der Waals surface area contributed by atoms with Crippen molar-refractivity contribution >= 4 is 38.3 Å². The lowest BCUT2D eigenvalue weighted by Crippen LogP contribution is -2.58. The molecule has 180 valence electrons. The minimum Gasteiger partial charge on any atom is -0.328 e. The highest BCUT2D eigenvalue weighted by atomic mass is 32.2. The fourth-order valence-corrected chi connectivity index (χ4v) is 6.62. The second kappa shape index (κ2) is 10.6. The van der Waals surface area contributed by atoms with Gasteiger partial charge < -0.3 is 10.2 Å². The summed E-state index contributed by atoms with van der Waals surface area (Å²) in [5.41, 5.74) is 0.234. The van der Waals surface area contributed by atoms with Gasteiger partial charge in [0.25, 0.3) is 0 Å². The number of nitrogens with zero attached hydrogens (tertiary/aromatic N) is 4. The SMILES string of the molecule is N#Cc1cccc(S(=O)(=O)N2CCN([C@@H](CC3CCCCC3)C(=O)Nc3nccs3)C(=O)C2)c1. The number of amides is 2. The predicted molar refractivity (Wildman–Crippen MR) is 127 cm³/mol. The number of aromatic nitrogens is 1. The Morgan fingerprint density at radius 2 is 2.06 bits per heavy atom. The number of carbonyl (C=O) groups is 2. The Morgan fingerprint density at radius 3 is 2.74 bits per heavy atom. The van der Waals surface area contributed by atoms with Gasteiger partial charge in [-0.25, -0.2) is 13.4 Å². The lowest BCUT2D eigenvalue weighted by Gasteiger charge is -2.39. The van der Waals surface area contributed by atoms with E-state index in [4.69, 9.17) is 5.26 Å². The average Bonchev–Trinajstić information content (AvgIpc) is 3.36. The molecule has 1 atom stereocenters. The maximum absolute atomic E-state index is 13.2. The summed E-state index contributed by atoms with van der Waals surface area (Å²) in [5.74, 6) is -0.336. The van der Waals surface area contributed by atoms with Gasteiger partial charge in [0.2, 0.25) is 21.8 Å². The monoisotopic (exact) mass is 501 g/mol. The number of thiazole rings is 1. The van der Waals surface area contributed by atoms with Crippen molar-refractivity contribution in [2.75, 3.05) is 25.0 Å². The van der Waals surface area contributed by atoms with Crippen LogP contribution in [-0.2, 0) is 19.6 Å². The summed E-state index contributed by atoms with van der Waals surface area (Å²) in [7, 11) is -3.94. The third-order valence-electron chi connectivity index (χ3n) is 6.45. The molecule has 1 saturated carbocycles. The van der Waals surface area contributed by atoms with E-state index in [-0.39, 0.29) is 36.0 Å². The van der Waals surface area contributed by atoms with Crippen LogP contribution in [0, 0.1) is 17.2 Å². The van der Waals surface area contributed by atoms with Gasteiger partial charge in [-0.15, -0.1) is 11.3 Å². The first-order valence-corrected chi connectivity index (χ1v) is 13.7. The summed E-state index contributed by atoms with van der Waals surface area (Å²) in [6.45, 7) is -0.139. The third-order valence-corrected chi connectivity index (χ3v) is 8.98. The Morgan fingerprint density at radius 1 is 1.26 bits per heavy atom. The first-order valence-electron chi connectivity index (χ1n) is 11.4. The lowest BCUT2D eigenvalue weighted by atomic mass is 9.84. The van der Waals surface area contributed by atoms with Crippen molar-refractivity contribution in [2.24, 2.45) is 5.92 Å². The van der Waals surface area contributed by atoms with Gasteiger partial charge in [-0.05, 0) is 30.5 Å². The summed E-state index contributed by atoms with van der Waals surface area (Å²) >= 11 is 1.31. The number of benzene rings is 1. The van der Waals surface area contributed by atoms with E-state index in [1.165, 1.54) is 46.9 Å². The van der Waals surface area contributed by atoms with E-state index >= 15 is 0 Å². The summed E-state index contributed by atoms with van der Waals surface area (Å²) in [6.07, 6.45) is 7.64. The molecular weight excluding hydrogens is 474 g/mol. The van der Waals surface area contributed by atoms with Crippen LogP contribution in [0.1, 0.15) is 44.1 Å². The second-order valence-corrected chi connectivity index (χ2v) is 11.5. The molecule has 11 heteroatoms. The predicted octanol–water partition coefficient (Wildman–Crippen LogP) is 2.83. The minimum atomic E-state index is -3.94. The number of hydrogen-bond donors (Lipinski definition) is 1. The molecule has 0 bridgehead atoms. The number of rotatable bonds is 7. The Bertz CT molecular complexity index is 1170. The van der Waals surface area contributed by atoms with Crippen LogP contribution in [0.4, 0.5) is 5.13 Å². The molecule has 34 heavy (non-hydrogen) atoms. The summed E-state index contributed by atoms with van der Waals surface area (Å²) < 4.78 is 27.3. The summed E-state index contributed by atoms with van der Waals surface area (Å²) in [6, 6.07) is 7.02. The van der Waals surface area contributed by atoms with Crippen molar-refractivity contribution in [3.05, 3.63) is 41.4 Å². The molecule has 0 spiro atoms. The second-order valence-electron chi connectivity index (χ2n) is 8.65. The van der Waals surface area contributed by atoms with Crippen LogP contribution in [0.5, 0.6) is 0 Å². The first-order chi connectivity index (χ1) is 16.4. The molecule has 1 aromatic carbocycles. The molecule has 1 N–H and O–H groups in total. The highest BCUT2D eigenvalue weighted by molar-refractivity contribution is 7.89. The molecule has 2 aliphatic rings. The van der Waals surface area contributed by atoms with Crippen molar-refractivity contribution in [3.63, 3.8) is 0 Å². The van der Waals surface area contributed by atoms with E-state index in [2.05, 4.69) is 10.3 Å². The number of hydrogen-bond acceptors (Lipinski definition) is 7. The molecular formula is C23H27N5O4S2. The molecule has 1 saturated heterocycles. The van der Waals surface area contributed by atoms with Crippen LogP contribution < -0.4 is 5.32 Å². The van der Waals surface area contributed by atoms with Gasteiger partial charge in [0.15, 0.2) is 5.13 Å². The van der Waals surface area contributed by atoms with Gasteiger partial charge in [-0.2, -0.15) is 9.57 Å². The van der Waals surface area contributed by atoms with E-state index in [0.29, 0.717) is 17.5 Å². The molecule has 1 aromatic heterocycles. The molecule has 1 aliphatic carbocycles. The zero-order chi connectivity index (χ0) is 24.1. The van der Waals surface area contributed by atoms with E-state index in [1.54, 1.807) is 11.6 Å². The molecule has 2 amide bonds. The smallest absolute Gasteiger partial charge is 0.248 e. The van der Waals surface area contributed by atoms with Crippen molar-refractivity contribution in [1.29, 1.82) is 5.26 Å².